The van der Waals surface area contributed by atoms with E-state index in [1.165, 1.54) is 0 Å². The molecule has 0 fully saturated rings. The minimum Gasteiger partial charge on any atom is -0.309 e. The zero-order chi connectivity index (χ0) is 16.4. The SMILES string of the molecule is CN(C)CCc1sc2ccccc2c1C(=O)c1cccnc1Cl. The van der Waals surface area contributed by atoms with Crippen molar-refractivity contribution in [3.8, 4) is 0 Å². The van der Waals surface area contributed by atoms with Crippen LogP contribution in [0, 0.1) is 0 Å². The van der Waals surface area contributed by atoms with Gasteiger partial charge in [-0.15, -0.1) is 11.3 Å². The molecule has 0 saturated heterocycles. The van der Waals surface area contributed by atoms with Crippen LogP contribution >= 0.6 is 22.9 Å². The van der Waals surface area contributed by atoms with Crippen LogP contribution in [0.1, 0.15) is 20.8 Å². The van der Waals surface area contributed by atoms with Crippen molar-refractivity contribution in [2.24, 2.45) is 0 Å². The number of hydrogen-bond acceptors (Lipinski definition) is 4. The quantitative estimate of drug-likeness (QED) is 0.511. The monoisotopic (exact) mass is 344 g/mol. The maximum absolute atomic E-state index is 13.1. The van der Waals surface area contributed by atoms with E-state index in [1.807, 2.05) is 32.3 Å². The molecular weight excluding hydrogens is 328 g/mol. The van der Waals surface area contributed by atoms with Gasteiger partial charge in [-0.2, -0.15) is 0 Å². The van der Waals surface area contributed by atoms with E-state index >= 15 is 0 Å². The van der Waals surface area contributed by atoms with E-state index in [-0.39, 0.29) is 10.9 Å². The highest BCUT2D eigenvalue weighted by atomic mass is 35.5. The molecule has 0 unspecified atom stereocenters. The fraction of sp³-hybridized carbons (Fsp3) is 0.222. The molecule has 3 aromatic rings. The van der Waals surface area contributed by atoms with Crippen molar-refractivity contribution in [2.45, 2.75) is 6.42 Å². The highest BCUT2D eigenvalue weighted by Gasteiger charge is 2.22. The second-order valence-electron chi connectivity index (χ2n) is 5.62. The number of fused-ring (bicyclic) bond motifs is 1. The van der Waals surface area contributed by atoms with Gasteiger partial charge in [-0.3, -0.25) is 4.79 Å². The minimum atomic E-state index is -0.0469. The largest absolute Gasteiger partial charge is 0.309 e. The molecular formula is C18H17ClN2OS. The van der Waals surface area contributed by atoms with Gasteiger partial charge in [0.2, 0.25) is 0 Å². The van der Waals surface area contributed by atoms with Gasteiger partial charge in [0.15, 0.2) is 5.78 Å². The lowest BCUT2D eigenvalue weighted by molar-refractivity contribution is 0.103. The number of aromatic nitrogens is 1. The van der Waals surface area contributed by atoms with Gasteiger partial charge in [0.25, 0.3) is 0 Å². The number of thiophene rings is 1. The van der Waals surface area contributed by atoms with E-state index in [4.69, 9.17) is 11.6 Å². The topological polar surface area (TPSA) is 33.2 Å². The molecule has 3 nitrogen and oxygen atoms in total. The molecule has 2 aromatic heterocycles. The first-order chi connectivity index (χ1) is 11.1. The molecule has 1 aromatic carbocycles. The Labute approximate surface area is 144 Å². The Morgan fingerprint density at radius 2 is 2.00 bits per heavy atom. The molecule has 3 rings (SSSR count). The summed E-state index contributed by atoms with van der Waals surface area (Å²) in [4.78, 5) is 20.3. The van der Waals surface area contributed by atoms with Crippen LogP contribution in [0.4, 0.5) is 0 Å². The third-order valence-electron chi connectivity index (χ3n) is 3.69. The summed E-state index contributed by atoms with van der Waals surface area (Å²) < 4.78 is 1.13. The molecule has 0 spiro atoms. The lowest BCUT2D eigenvalue weighted by Gasteiger charge is -2.10. The summed E-state index contributed by atoms with van der Waals surface area (Å²) >= 11 is 7.81. The van der Waals surface area contributed by atoms with Gasteiger partial charge in [0.05, 0.1) is 5.56 Å². The van der Waals surface area contributed by atoms with Gasteiger partial charge in [-0.05, 0) is 38.7 Å². The molecule has 118 valence electrons. The van der Waals surface area contributed by atoms with Crippen LogP contribution in [-0.4, -0.2) is 36.3 Å². The number of nitrogens with zero attached hydrogens (tertiary/aromatic N) is 2. The average molecular weight is 345 g/mol. The summed E-state index contributed by atoms with van der Waals surface area (Å²) in [6, 6.07) is 11.5. The van der Waals surface area contributed by atoms with Crippen LogP contribution in [0.3, 0.4) is 0 Å². The number of ketones is 1. The predicted molar refractivity (Wildman–Crippen MR) is 96.8 cm³/mol. The maximum atomic E-state index is 13.1. The first-order valence-electron chi connectivity index (χ1n) is 7.38. The third-order valence-corrected chi connectivity index (χ3v) is 5.22. The Bertz CT molecular complexity index is 857. The van der Waals surface area contributed by atoms with Gasteiger partial charge < -0.3 is 4.90 Å². The number of pyridine rings is 1. The first kappa shape index (κ1) is 16.1. The lowest BCUT2D eigenvalue weighted by Crippen LogP contribution is -2.16. The molecule has 0 N–H and O–H groups in total. The standard InChI is InChI=1S/C18H17ClN2OS/c1-21(2)11-9-15-16(12-6-3-4-8-14(12)23-15)17(22)13-7-5-10-20-18(13)19/h3-8,10H,9,11H2,1-2H3. The van der Waals surface area contributed by atoms with Crippen molar-refractivity contribution in [3.05, 3.63) is 63.8 Å². The lowest BCUT2D eigenvalue weighted by atomic mass is 10.0. The number of benzene rings is 1. The van der Waals surface area contributed by atoms with Crippen molar-refractivity contribution in [3.63, 3.8) is 0 Å². The molecule has 2 heterocycles. The van der Waals surface area contributed by atoms with Gasteiger partial charge in [0, 0.05) is 33.3 Å². The average Bonchev–Trinajstić information content (AvgIpc) is 2.91. The molecule has 23 heavy (non-hydrogen) atoms. The van der Waals surface area contributed by atoms with Crippen LogP contribution in [0.2, 0.25) is 5.15 Å². The van der Waals surface area contributed by atoms with E-state index in [0.717, 1.165) is 33.5 Å². The van der Waals surface area contributed by atoms with Crippen molar-refractivity contribution in [1.82, 2.24) is 9.88 Å². The zero-order valence-electron chi connectivity index (χ0n) is 13.0. The molecule has 0 aliphatic rings. The Balaban J connectivity index is 2.12. The zero-order valence-corrected chi connectivity index (χ0v) is 14.6. The van der Waals surface area contributed by atoms with E-state index in [2.05, 4.69) is 16.0 Å². The Morgan fingerprint density at radius 1 is 1.22 bits per heavy atom. The summed E-state index contributed by atoms with van der Waals surface area (Å²) in [5.41, 5.74) is 1.23. The molecule has 0 aliphatic carbocycles. The highest BCUT2D eigenvalue weighted by Crippen LogP contribution is 2.34. The molecule has 5 heteroatoms. The fourth-order valence-electron chi connectivity index (χ4n) is 2.54. The van der Waals surface area contributed by atoms with E-state index in [0.29, 0.717) is 5.56 Å². The van der Waals surface area contributed by atoms with Crippen LogP contribution in [0.15, 0.2) is 42.6 Å². The summed E-state index contributed by atoms with van der Waals surface area (Å²) in [5.74, 6) is -0.0469. The number of hydrogen-bond donors (Lipinski definition) is 0. The smallest absolute Gasteiger partial charge is 0.197 e. The van der Waals surface area contributed by atoms with Crippen LogP contribution < -0.4 is 0 Å². The maximum Gasteiger partial charge on any atom is 0.197 e. The predicted octanol–water partition coefficient (Wildman–Crippen LogP) is 4.28. The Hall–Kier alpha value is -1.75. The molecule has 0 amide bonds. The number of carbonyl (C=O) groups is 1. The first-order valence-corrected chi connectivity index (χ1v) is 8.57. The van der Waals surface area contributed by atoms with Crippen molar-refractivity contribution in [1.29, 1.82) is 0 Å². The Kier molecular flexibility index (Phi) is 4.76. The van der Waals surface area contributed by atoms with E-state index in [1.54, 1.807) is 29.7 Å². The number of likely N-dealkylation sites (N-methyl/N-ethyl adjacent to an activating group) is 1. The second-order valence-corrected chi connectivity index (χ2v) is 7.12. The summed E-state index contributed by atoms with van der Waals surface area (Å²) in [7, 11) is 4.07. The van der Waals surface area contributed by atoms with Crippen molar-refractivity contribution < 1.29 is 4.79 Å². The Morgan fingerprint density at radius 3 is 2.74 bits per heavy atom. The van der Waals surface area contributed by atoms with Crippen LogP contribution in [0.5, 0.6) is 0 Å². The fourth-order valence-corrected chi connectivity index (χ4v) is 3.93. The third kappa shape index (κ3) is 3.29. The minimum absolute atomic E-state index is 0.0469. The highest BCUT2D eigenvalue weighted by molar-refractivity contribution is 7.19. The van der Waals surface area contributed by atoms with E-state index in [9.17, 15) is 4.79 Å². The summed E-state index contributed by atoms with van der Waals surface area (Å²) in [6.45, 7) is 0.897. The molecule has 0 aliphatic heterocycles. The van der Waals surface area contributed by atoms with E-state index < -0.39 is 0 Å². The summed E-state index contributed by atoms with van der Waals surface area (Å²) in [6.07, 6.45) is 2.43. The molecule has 0 radical (unpaired) electrons. The van der Waals surface area contributed by atoms with Gasteiger partial charge in [-0.25, -0.2) is 4.98 Å². The van der Waals surface area contributed by atoms with Crippen LogP contribution in [0.25, 0.3) is 10.1 Å². The molecule has 0 atom stereocenters. The van der Waals surface area contributed by atoms with Gasteiger partial charge >= 0.3 is 0 Å². The molecule has 0 saturated carbocycles. The normalized spacial score (nSPS) is 11.3. The number of carbonyl (C=O) groups excluding carboxylic acids is 1. The van der Waals surface area contributed by atoms with Crippen molar-refractivity contribution >= 4 is 38.8 Å². The van der Waals surface area contributed by atoms with Gasteiger partial charge in [0.1, 0.15) is 5.15 Å². The number of halogens is 1. The number of rotatable bonds is 5. The van der Waals surface area contributed by atoms with Gasteiger partial charge in [-0.1, -0.05) is 29.8 Å². The van der Waals surface area contributed by atoms with Crippen LogP contribution in [-0.2, 0) is 6.42 Å². The second kappa shape index (κ2) is 6.79. The molecule has 0 bridgehead atoms. The summed E-state index contributed by atoms with van der Waals surface area (Å²) in [5, 5.41) is 1.25. The van der Waals surface area contributed by atoms with Crippen molar-refractivity contribution in [2.75, 3.05) is 20.6 Å².